The molecule has 0 bridgehead atoms. The van der Waals surface area contributed by atoms with Crippen LogP contribution in [0.2, 0.25) is 0 Å². The van der Waals surface area contributed by atoms with E-state index in [9.17, 15) is 4.79 Å². The summed E-state index contributed by atoms with van der Waals surface area (Å²) in [4.78, 5) is 22.9. The van der Waals surface area contributed by atoms with E-state index in [2.05, 4.69) is 34.8 Å². The number of pyridine rings is 1. The Morgan fingerprint density at radius 2 is 2.14 bits per heavy atom. The molecule has 1 aliphatic heterocycles. The van der Waals surface area contributed by atoms with Gasteiger partial charge in [-0.05, 0) is 30.7 Å². The molecule has 29 heavy (non-hydrogen) atoms. The Morgan fingerprint density at radius 3 is 2.90 bits per heavy atom. The van der Waals surface area contributed by atoms with Gasteiger partial charge >= 0.3 is 0 Å². The summed E-state index contributed by atoms with van der Waals surface area (Å²) in [5, 5.41) is 11.7. The number of nitrogens with zero attached hydrogens (tertiary/aromatic N) is 2. The van der Waals surface area contributed by atoms with Crippen LogP contribution in [-0.2, 0) is 17.8 Å². The molecule has 3 aromatic rings. The predicted molar refractivity (Wildman–Crippen MR) is 127 cm³/mol. The SMILES string of the molecule is CC(C)NCCC(=O)Nc1sc2c(c1-c1nc3ncccc3s1)CCNC2.Cl.Cl. The van der Waals surface area contributed by atoms with Crippen molar-refractivity contribution in [3.63, 3.8) is 0 Å². The Hall–Kier alpha value is -1.29. The quantitative estimate of drug-likeness (QED) is 0.498. The molecule has 0 fully saturated rings. The van der Waals surface area contributed by atoms with Crippen molar-refractivity contribution in [2.45, 2.75) is 39.3 Å². The summed E-state index contributed by atoms with van der Waals surface area (Å²) >= 11 is 3.31. The molecule has 1 aliphatic rings. The van der Waals surface area contributed by atoms with E-state index >= 15 is 0 Å². The number of thiophene rings is 1. The first-order chi connectivity index (χ1) is 13.1. The van der Waals surface area contributed by atoms with Crippen LogP contribution in [0, 0.1) is 0 Å². The van der Waals surface area contributed by atoms with Crippen molar-refractivity contribution in [3.05, 3.63) is 28.8 Å². The second-order valence-corrected chi connectivity index (χ2v) is 9.02. The molecular weight excluding hydrogens is 449 g/mol. The molecule has 0 aliphatic carbocycles. The number of hydrogen-bond donors (Lipinski definition) is 3. The van der Waals surface area contributed by atoms with Gasteiger partial charge in [0, 0.05) is 42.2 Å². The van der Waals surface area contributed by atoms with E-state index < -0.39 is 0 Å². The van der Waals surface area contributed by atoms with Gasteiger partial charge in [-0.1, -0.05) is 13.8 Å². The van der Waals surface area contributed by atoms with Crippen LogP contribution in [0.5, 0.6) is 0 Å². The highest BCUT2D eigenvalue weighted by Gasteiger charge is 2.25. The van der Waals surface area contributed by atoms with Crippen molar-refractivity contribution < 1.29 is 4.79 Å². The van der Waals surface area contributed by atoms with Crippen LogP contribution in [0.25, 0.3) is 20.9 Å². The maximum absolute atomic E-state index is 12.5. The smallest absolute Gasteiger partial charge is 0.226 e. The number of carbonyl (C=O) groups excluding carboxylic acids is 1. The zero-order chi connectivity index (χ0) is 18.8. The van der Waals surface area contributed by atoms with Crippen LogP contribution in [0.15, 0.2) is 18.3 Å². The van der Waals surface area contributed by atoms with E-state index in [1.807, 2.05) is 12.1 Å². The van der Waals surface area contributed by atoms with Gasteiger partial charge in [-0.15, -0.1) is 47.5 Å². The number of thiazole rings is 1. The highest BCUT2D eigenvalue weighted by molar-refractivity contribution is 7.22. The molecule has 10 heteroatoms. The Morgan fingerprint density at radius 1 is 1.31 bits per heavy atom. The first-order valence-corrected chi connectivity index (χ1v) is 10.9. The maximum atomic E-state index is 12.5. The molecule has 0 atom stereocenters. The summed E-state index contributed by atoms with van der Waals surface area (Å²) in [6.45, 7) is 6.64. The second-order valence-electron chi connectivity index (χ2n) is 6.89. The number of fused-ring (bicyclic) bond motifs is 2. The maximum Gasteiger partial charge on any atom is 0.226 e. The minimum absolute atomic E-state index is 0. The van der Waals surface area contributed by atoms with Crippen LogP contribution in [0.3, 0.4) is 0 Å². The Bertz CT molecular complexity index is 940. The molecule has 0 aromatic carbocycles. The van der Waals surface area contributed by atoms with E-state index in [0.717, 1.165) is 45.4 Å². The molecule has 6 nitrogen and oxygen atoms in total. The molecule has 0 saturated carbocycles. The van der Waals surface area contributed by atoms with Crippen LogP contribution < -0.4 is 16.0 Å². The lowest BCUT2D eigenvalue weighted by molar-refractivity contribution is -0.116. The normalized spacial score (nSPS) is 12.9. The number of carbonyl (C=O) groups is 1. The third-order valence-corrected chi connectivity index (χ3v) is 6.64. The van der Waals surface area contributed by atoms with E-state index in [0.29, 0.717) is 19.0 Å². The van der Waals surface area contributed by atoms with E-state index in [-0.39, 0.29) is 30.7 Å². The Balaban J connectivity index is 0.00000150. The lowest BCUT2D eigenvalue weighted by Gasteiger charge is -2.13. The molecule has 3 aromatic heterocycles. The van der Waals surface area contributed by atoms with E-state index in [4.69, 9.17) is 4.98 Å². The fourth-order valence-corrected chi connectivity index (χ4v) is 5.49. The van der Waals surface area contributed by atoms with Crippen molar-refractivity contribution >= 4 is 68.7 Å². The molecule has 3 N–H and O–H groups in total. The van der Waals surface area contributed by atoms with Gasteiger partial charge in [0.25, 0.3) is 0 Å². The van der Waals surface area contributed by atoms with Crippen LogP contribution in [-0.4, -0.2) is 35.0 Å². The fourth-order valence-electron chi connectivity index (χ4n) is 3.19. The predicted octanol–water partition coefficient (Wildman–Crippen LogP) is 4.24. The van der Waals surface area contributed by atoms with Gasteiger partial charge in [-0.25, -0.2) is 9.97 Å². The lowest BCUT2D eigenvalue weighted by Crippen LogP contribution is -2.27. The van der Waals surface area contributed by atoms with Gasteiger partial charge in [0.05, 0.1) is 4.70 Å². The van der Waals surface area contributed by atoms with Crippen molar-refractivity contribution in [3.8, 4) is 10.6 Å². The largest absolute Gasteiger partial charge is 0.317 e. The minimum Gasteiger partial charge on any atom is -0.317 e. The van der Waals surface area contributed by atoms with Gasteiger partial charge in [-0.3, -0.25) is 4.79 Å². The number of anilines is 1. The number of amides is 1. The van der Waals surface area contributed by atoms with Gasteiger partial charge in [-0.2, -0.15) is 0 Å². The van der Waals surface area contributed by atoms with Crippen molar-refractivity contribution in [1.82, 2.24) is 20.6 Å². The molecule has 1 amide bonds. The monoisotopic (exact) mass is 473 g/mol. The summed E-state index contributed by atoms with van der Waals surface area (Å²) in [6.07, 6.45) is 3.18. The van der Waals surface area contributed by atoms with Crippen LogP contribution in [0.1, 0.15) is 30.7 Å². The minimum atomic E-state index is 0. The molecule has 158 valence electrons. The third-order valence-electron chi connectivity index (χ3n) is 4.46. The zero-order valence-electron chi connectivity index (χ0n) is 16.3. The number of nitrogens with one attached hydrogen (secondary N) is 3. The highest BCUT2D eigenvalue weighted by atomic mass is 35.5. The van der Waals surface area contributed by atoms with Gasteiger partial charge < -0.3 is 16.0 Å². The summed E-state index contributed by atoms with van der Waals surface area (Å²) in [7, 11) is 0. The standard InChI is InChI=1S/C19H23N5OS2.2ClH/c1-11(2)21-9-6-15(25)23-18-16(12-5-8-20-10-14(12)27-18)19-24-17-13(26-19)4-3-7-22-17;;/h3-4,7,11,20-21H,5-6,8-10H2,1-2H3,(H,23,25);2*1H. The van der Waals surface area contributed by atoms with Crippen molar-refractivity contribution in [2.24, 2.45) is 0 Å². The molecule has 4 rings (SSSR count). The van der Waals surface area contributed by atoms with Gasteiger partial charge in [0.1, 0.15) is 10.0 Å². The molecule has 0 radical (unpaired) electrons. The topological polar surface area (TPSA) is 78.9 Å². The van der Waals surface area contributed by atoms with Crippen molar-refractivity contribution in [2.75, 3.05) is 18.4 Å². The molecular formula is C19H25Cl2N5OS2. The third kappa shape index (κ3) is 5.45. The summed E-state index contributed by atoms with van der Waals surface area (Å²) in [5.41, 5.74) is 3.17. The number of rotatable bonds is 6. The average molecular weight is 474 g/mol. The molecule has 4 heterocycles. The van der Waals surface area contributed by atoms with Gasteiger partial charge in [0.15, 0.2) is 5.65 Å². The summed E-state index contributed by atoms with van der Waals surface area (Å²) in [5.74, 6) is 0.0372. The lowest BCUT2D eigenvalue weighted by atomic mass is 10.0. The first kappa shape index (κ1) is 24.0. The van der Waals surface area contributed by atoms with E-state index in [1.165, 1.54) is 10.4 Å². The van der Waals surface area contributed by atoms with Crippen LogP contribution >= 0.6 is 47.5 Å². The number of hydrogen-bond acceptors (Lipinski definition) is 7. The zero-order valence-corrected chi connectivity index (χ0v) is 19.5. The Kier molecular flexibility index (Phi) is 8.81. The van der Waals surface area contributed by atoms with Crippen LogP contribution in [0.4, 0.5) is 5.00 Å². The summed E-state index contributed by atoms with van der Waals surface area (Å²) in [6, 6.07) is 4.35. The highest BCUT2D eigenvalue weighted by Crippen LogP contribution is 2.44. The molecule has 0 unspecified atom stereocenters. The summed E-state index contributed by atoms with van der Waals surface area (Å²) < 4.78 is 1.07. The second kappa shape index (κ2) is 10.7. The first-order valence-electron chi connectivity index (χ1n) is 9.22. The van der Waals surface area contributed by atoms with Crippen molar-refractivity contribution in [1.29, 1.82) is 0 Å². The number of halogens is 2. The molecule has 0 saturated heterocycles. The van der Waals surface area contributed by atoms with Gasteiger partial charge in [0.2, 0.25) is 5.91 Å². The molecule has 0 spiro atoms. The average Bonchev–Trinajstić information content (AvgIpc) is 3.21. The fraction of sp³-hybridized carbons (Fsp3) is 0.421. The van der Waals surface area contributed by atoms with E-state index in [1.54, 1.807) is 28.9 Å². The Labute approximate surface area is 190 Å². The number of aromatic nitrogens is 2.